The minimum Gasteiger partial charge on any atom is -0.324 e. The van der Waals surface area contributed by atoms with E-state index in [-0.39, 0.29) is 16.2 Å². The molecule has 3 rings (SSSR count). The van der Waals surface area contributed by atoms with Gasteiger partial charge in [-0.15, -0.1) is 0 Å². The van der Waals surface area contributed by atoms with Crippen LogP contribution in [-0.4, -0.2) is 22.8 Å². The average Bonchev–Trinajstić information content (AvgIpc) is 3.08. The smallest absolute Gasteiger partial charge is 0.324 e. The molecule has 0 atom stereocenters. The van der Waals surface area contributed by atoms with Crippen LogP contribution in [0, 0.1) is 0 Å². The number of carbonyl (C=O) groups excluding carboxylic acids is 3. The summed E-state index contributed by atoms with van der Waals surface area (Å²) in [6.45, 7) is 0. The summed E-state index contributed by atoms with van der Waals surface area (Å²) in [5.41, 5.74) is -1.89. The van der Waals surface area contributed by atoms with Crippen LogP contribution in [0.5, 0.6) is 0 Å². The van der Waals surface area contributed by atoms with E-state index in [2.05, 4.69) is 4.84 Å². The standard InChI is InChI=1S/C14H6F3NO4S/c15-14(16,17)10-6-23-5-9(10)13(21)22-18-11(19)7-3-1-2-4-8(7)12(18)20/h1-6H. The molecule has 0 aliphatic carbocycles. The van der Waals surface area contributed by atoms with Crippen LogP contribution in [-0.2, 0) is 11.0 Å². The molecule has 1 aliphatic heterocycles. The lowest BCUT2D eigenvalue weighted by Crippen LogP contribution is -2.33. The number of rotatable bonds is 2. The summed E-state index contributed by atoms with van der Waals surface area (Å²) in [4.78, 5) is 40.5. The van der Waals surface area contributed by atoms with Crippen molar-refractivity contribution in [3.8, 4) is 0 Å². The molecule has 118 valence electrons. The molecule has 0 saturated carbocycles. The monoisotopic (exact) mass is 341 g/mol. The molecule has 1 aliphatic rings. The van der Waals surface area contributed by atoms with Gasteiger partial charge in [-0.1, -0.05) is 17.2 Å². The average molecular weight is 341 g/mol. The molecule has 0 fully saturated rings. The Balaban J connectivity index is 1.87. The van der Waals surface area contributed by atoms with Crippen molar-refractivity contribution in [2.75, 3.05) is 0 Å². The summed E-state index contributed by atoms with van der Waals surface area (Å²) in [6.07, 6.45) is -4.74. The molecule has 2 heterocycles. The van der Waals surface area contributed by atoms with Crippen molar-refractivity contribution in [3.63, 3.8) is 0 Å². The Morgan fingerprint density at radius 3 is 2.13 bits per heavy atom. The number of nitrogens with zero attached hydrogens (tertiary/aromatic N) is 1. The van der Waals surface area contributed by atoms with Gasteiger partial charge in [0.15, 0.2) is 0 Å². The summed E-state index contributed by atoms with van der Waals surface area (Å²) in [7, 11) is 0. The zero-order valence-electron chi connectivity index (χ0n) is 11.1. The molecule has 5 nitrogen and oxygen atoms in total. The van der Waals surface area contributed by atoms with E-state index in [1.54, 1.807) is 0 Å². The van der Waals surface area contributed by atoms with Crippen LogP contribution in [0.2, 0.25) is 0 Å². The van der Waals surface area contributed by atoms with Gasteiger partial charge in [-0.25, -0.2) is 4.79 Å². The molecule has 1 aromatic carbocycles. The number of benzene rings is 1. The Morgan fingerprint density at radius 1 is 1.04 bits per heavy atom. The number of hydroxylamine groups is 2. The molecule has 9 heteroatoms. The summed E-state index contributed by atoms with van der Waals surface area (Å²) < 4.78 is 38.3. The van der Waals surface area contributed by atoms with E-state index in [4.69, 9.17) is 0 Å². The topological polar surface area (TPSA) is 63.7 Å². The first-order chi connectivity index (χ1) is 10.8. The SMILES string of the molecule is O=C(ON1C(=O)c2ccccc2C1=O)c1cscc1C(F)(F)F. The Morgan fingerprint density at radius 2 is 1.61 bits per heavy atom. The second-order valence-corrected chi connectivity index (χ2v) is 5.27. The second-order valence-electron chi connectivity index (χ2n) is 4.53. The van der Waals surface area contributed by atoms with Crippen molar-refractivity contribution in [2.24, 2.45) is 0 Å². The van der Waals surface area contributed by atoms with E-state index >= 15 is 0 Å². The van der Waals surface area contributed by atoms with Crippen LogP contribution in [0.1, 0.15) is 36.6 Å². The van der Waals surface area contributed by atoms with E-state index in [1.165, 1.54) is 24.3 Å². The summed E-state index contributed by atoms with van der Waals surface area (Å²) in [5.74, 6) is -3.22. The first-order valence-corrected chi connectivity index (χ1v) is 7.08. The number of amides is 2. The van der Waals surface area contributed by atoms with E-state index < -0.39 is 35.1 Å². The molecule has 0 spiro atoms. The van der Waals surface area contributed by atoms with Crippen LogP contribution < -0.4 is 0 Å². The second kappa shape index (κ2) is 5.20. The van der Waals surface area contributed by atoms with Gasteiger partial charge in [0.1, 0.15) is 0 Å². The lowest BCUT2D eigenvalue weighted by molar-refractivity contribution is -0.138. The van der Waals surface area contributed by atoms with Crippen molar-refractivity contribution < 1.29 is 32.4 Å². The van der Waals surface area contributed by atoms with Crippen LogP contribution in [0.3, 0.4) is 0 Å². The van der Waals surface area contributed by atoms with Crippen LogP contribution in [0.4, 0.5) is 13.2 Å². The highest BCUT2D eigenvalue weighted by Crippen LogP contribution is 2.35. The van der Waals surface area contributed by atoms with Crippen molar-refractivity contribution in [3.05, 3.63) is 57.3 Å². The van der Waals surface area contributed by atoms with Crippen molar-refractivity contribution in [2.45, 2.75) is 6.18 Å². The highest BCUT2D eigenvalue weighted by atomic mass is 32.1. The fourth-order valence-electron chi connectivity index (χ4n) is 2.06. The molecule has 0 N–H and O–H groups in total. The molecule has 23 heavy (non-hydrogen) atoms. The van der Waals surface area contributed by atoms with Gasteiger partial charge in [0, 0.05) is 10.8 Å². The normalized spacial score (nSPS) is 14.1. The van der Waals surface area contributed by atoms with Gasteiger partial charge in [0.25, 0.3) is 11.8 Å². The van der Waals surface area contributed by atoms with Crippen LogP contribution >= 0.6 is 11.3 Å². The van der Waals surface area contributed by atoms with E-state index in [1.807, 2.05) is 0 Å². The highest BCUT2D eigenvalue weighted by molar-refractivity contribution is 7.08. The lowest BCUT2D eigenvalue weighted by atomic mass is 10.1. The first-order valence-electron chi connectivity index (χ1n) is 6.14. The molecule has 0 bridgehead atoms. The molecule has 0 unspecified atom stereocenters. The number of fused-ring (bicyclic) bond motifs is 1. The van der Waals surface area contributed by atoms with Gasteiger partial charge in [-0.2, -0.15) is 24.5 Å². The lowest BCUT2D eigenvalue weighted by Gasteiger charge is -2.13. The van der Waals surface area contributed by atoms with Crippen molar-refractivity contribution >= 4 is 29.1 Å². The van der Waals surface area contributed by atoms with Crippen molar-refractivity contribution in [1.29, 1.82) is 0 Å². The Bertz CT molecular complexity index is 792. The predicted molar refractivity (Wildman–Crippen MR) is 71.7 cm³/mol. The van der Waals surface area contributed by atoms with Crippen LogP contribution in [0.25, 0.3) is 0 Å². The Labute approximate surface area is 130 Å². The molecular formula is C14H6F3NO4S. The third-order valence-electron chi connectivity index (χ3n) is 3.12. The Kier molecular flexibility index (Phi) is 3.44. The maximum Gasteiger partial charge on any atom is 0.418 e. The van der Waals surface area contributed by atoms with Gasteiger partial charge < -0.3 is 4.84 Å². The van der Waals surface area contributed by atoms with E-state index in [0.29, 0.717) is 11.3 Å². The van der Waals surface area contributed by atoms with Crippen LogP contribution in [0.15, 0.2) is 35.0 Å². The fourth-order valence-corrected chi connectivity index (χ4v) is 2.88. The zero-order chi connectivity index (χ0) is 16.8. The Hall–Kier alpha value is -2.68. The summed E-state index contributed by atoms with van der Waals surface area (Å²) in [6, 6.07) is 5.73. The quantitative estimate of drug-likeness (QED) is 0.787. The van der Waals surface area contributed by atoms with E-state index in [0.717, 1.165) is 10.8 Å². The first kappa shape index (κ1) is 15.2. The molecule has 1 aromatic heterocycles. The third-order valence-corrected chi connectivity index (χ3v) is 3.86. The van der Waals surface area contributed by atoms with Gasteiger partial charge >= 0.3 is 12.1 Å². The minimum atomic E-state index is -4.74. The largest absolute Gasteiger partial charge is 0.418 e. The predicted octanol–water partition coefficient (Wildman–Crippen LogP) is 3.13. The fraction of sp³-hybridized carbons (Fsp3) is 0.0714. The number of thiophene rings is 1. The number of alkyl halides is 3. The van der Waals surface area contributed by atoms with Gasteiger partial charge in [-0.3, -0.25) is 9.59 Å². The summed E-state index contributed by atoms with van der Waals surface area (Å²) >= 11 is 0.659. The zero-order valence-corrected chi connectivity index (χ0v) is 11.9. The number of imide groups is 1. The molecule has 0 radical (unpaired) electrons. The molecule has 2 aromatic rings. The number of halogens is 3. The number of hydrogen-bond acceptors (Lipinski definition) is 5. The molecule has 0 saturated heterocycles. The number of carbonyl (C=O) groups is 3. The third kappa shape index (κ3) is 2.48. The molecule has 2 amide bonds. The minimum absolute atomic E-state index is 0.0201. The van der Waals surface area contributed by atoms with Gasteiger partial charge in [0.05, 0.1) is 22.3 Å². The highest BCUT2D eigenvalue weighted by Gasteiger charge is 2.41. The maximum absolute atomic E-state index is 12.8. The molecular weight excluding hydrogens is 335 g/mol. The van der Waals surface area contributed by atoms with Gasteiger partial charge in [-0.05, 0) is 12.1 Å². The van der Waals surface area contributed by atoms with Gasteiger partial charge in [0.2, 0.25) is 0 Å². The van der Waals surface area contributed by atoms with Crippen molar-refractivity contribution in [1.82, 2.24) is 5.06 Å². The number of hydrogen-bond donors (Lipinski definition) is 0. The summed E-state index contributed by atoms with van der Waals surface area (Å²) in [5, 5.41) is 1.87. The maximum atomic E-state index is 12.8. The van der Waals surface area contributed by atoms with E-state index in [9.17, 15) is 27.6 Å².